The summed E-state index contributed by atoms with van der Waals surface area (Å²) < 4.78 is 0.679. The highest BCUT2D eigenvalue weighted by Crippen LogP contribution is 2.26. The number of nitro groups is 1. The number of hydrogen-bond acceptors (Lipinski definition) is 7. The van der Waals surface area contributed by atoms with E-state index in [9.17, 15) is 14.9 Å². The molecule has 20 heavy (non-hydrogen) atoms. The zero-order valence-corrected chi connectivity index (χ0v) is 12.0. The van der Waals surface area contributed by atoms with E-state index in [4.69, 9.17) is 0 Å². The van der Waals surface area contributed by atoms with Gasteiger partial charge in [0.2, 0.25) is 5.91 Å². The second kappa shape index (κ2) is 6.44. The van der Waals surface area contributed by atoms with Gasteiger partial charge in [-0.15, -0.1) is 10.2 Å². The van der Waals surface area contributed by atoms with Gasteiger partial charge >= 0.3 is 0 Å². The predicted octanol–water partition coefficient (Wildman–Crippen LogP) is 2.49. The van der Waals surface area contributed by atoms with E-state index in [1.54, 1.807) is 18.5 Å². The monoisotopic (exact) mass is 310 g/mol. The molecule has 1 aromatic heterocycles. The molecule has 0 saturated heterocycles. The van der Waals surface area contributed by atoms with E-state index in [1.807, 2.05) is 0 Å². The lowest BCUT2D eigenvalue weighted by atomic mass is 10.2. The van der Waals surface area contributed by atoms with Crippen LogP contribution >= 0.6 is 23.1 Å². The van der Waals surface area contributed by atoms with Crippen molar-refractivity contribution in [3.05, 3.63) is 39.4 Å². The minimum absolute atomic E-state index is 0.112. The third-order valence-corrected chi connectivity index (χ3v) is 4.15. The summed E-state index contributed by atoms with van der Waals surface area (Å²) in [7, 11) is 0. The number of anilines is 1. The maximum Gasteiger partial charge on any atom is 0.293 e. The van der Waals surface area contributed by atoms with Gasteiger partial charge < -0.3 is 5.32 Å². The maximum atomic E-state index is 11.8. The number of hydrogen-bond donors (Lipinski definition) is 1. The Morgan fingerprint density at radius 1 is 1.55 bits per heavy atom. The van der Waals surface area contributed by atoms with E-state index in [-0.39, 0.29) is 23.0 Å². The molecule has 0 saturated carbocycles. The van der Waals surface area contributed by atoms with Crippen LogP contribution in [0.4, 0.5) is 11.4 Å². The molecule has 0 radical (unpaired) electrons. The number of carbonyl (C=O) groups is 1. The van der Waals surface area contributed by atoms with Crippen molar-refractivity contribution in [1.82, 2.24) is 10.2 Å². The molecule has 1 heterocycles. The van der Waals surface area contributed by atoms with Crippen molar-refractivity contribution in [3.8, 4) is 0 Å². The Morgan fingerprint density at radius 2 is 2.35 bits per heavy atom. The quantitative estimate of drug-likeness (QED) is 0.517. The van der Waals surface area contributed by atoms with Crippen LogP contribution in [0.1, 0.15) is 5.56 Å². The number of amides is 1. The van der Waals surface area contributed by atoms with Crippen LogP contribution in [0.25, 0.3) is 0 Å². The number of aryl methyl sites for hydroxylation is 1. The zero-order chi connectivity index (χ0) is 14.5. The van der Waals surface area contributed by atoms with Crippen LogP contribution in [-0.4, -0.2) is 26.8 Å². The Kier molecular flexibility index (Phi) is 4.64. The van der Waals surface area contributed by atoms with Crippen LogP contribution in [0.5, 0.6) is 0 Å². The molecule has 0 spiro atoms. The lowest BCUT2D eigenvalue weighted by Gasteiger charge is -2.05. The number of nitrogens with zero attached hydrogens (tertiary/aromatic N) is 3. The van der Waals surface area contributed by atoms with Crippen LogP contribution < -0.4 is 5.32 Å². The van der Waals surface area contributed by atoms with E-state index < -0.39 is 4.92 Å². The van der Waals surface area contributed by atoms with Crippen molar-refractivity contribution in [2.45, 2.75) is 11.3 Å². The van der Waals surface area contributed by atoms with Crippen molar-refractivity contribution in [2.24, 2.45) is 0 Å². The standard InChI is InChI=1S/C11H10N4O3S2/c1-7-2-3-8(9(4-7)15(17)18)13-10(16)5-19-11-14-12-6-20-11/h2-4,6H,5H2,1H3,(H,13,16). The Balaban J connectivity index is 2.02. The summed E-state index contributed by atoms with van der Waals surface area (Å²) in [6.07, 6.45) is 0. The van der Waals surface area contributed by atoms with E-state index in [1.165, 1.54) is 35.2 Å². The molecule has 0 unspecified atom stereocenters. The minimum Gasteiger partial charge on any atom is -0.320 e. The number of thioether (sulfide) groups is 1. The highest BCUT2D eigenvalue weighted by Gasteiger charge is 2.16. The number of carbonyl (C=O) groups excluding carboxylic acids is 1. The summed E-state index contributed by atoms with van der Waals surface area (Å²) >= 11 is 2.57. The SMILES string of the molecule is Cc1ccc(NC(=O)CSc2nncs2)c([N+](=O)[O-])c1. The number of nitro benzene ring substituents is 1. The van der Waals surface area contributed by atoms with Gasteiger partial charge in [0, 0.05) is 6.07 Å². The van der Waals surface area contributed by atoms with Crippen LogP contribution in [0.2, 0.25) is 0 Å². The van der Waals surface area contributed by atoms with Crippen LogP contribution in [-0.2, 0) is 4.79 Å². The molecule has 0 atom stereocenters. The summed E-state index contributed by atoms with van der Waals surface area (Å²) in [6.45, 7) is 1.75. The van der Waals surface area contributed by atoms with Crippen molar-refractivity contribution >= 4 is 40.4 Å². The summed E-state index contributed by atoms with van der Waals surface area (Å²) in [5.41, 5.74) is 2.42. The highest BCUT2D eigenvalue weighted by atomic mass is 32.2. The third kappa shape index (κ3) is 3.75. The molecular weight excluding hydrogens is 300 g/mol. The Labute approximate surface area is 122 Å². The third-order valence-electron chi connectivity index (χ3n) is 2.29. The van der Waals surface area contributed by atoms with Crippen molar-refractivity contribution in [3.63, 3.8) is 0 Å². The topological polar surface area (TPSA) is 98.0 Å². The molecule has 2 rings (SSSR count). The molecule has 9 heteroatoms. The first-order valence-corrected chi connectivity index (χ1v) is 7.36. The van der Waals surface area contributed by atoms with Gasteiger partial charge in [0.1, 0.15) is 11.2 Å². The van der Waals surface area contributed by atoms with Gasteiger partial charge in [-0.25, -0.2) is 0 Å². The van der Waals surface area contributed by atoms with E-state index in [2.05, 4.69) is 15.5 Å². The van der Waals surface area contributed by atoms with Crippen LogP contribution in [0, 0.1) is 17.0 Å². The lowest BCUT2D eigenvalue weighted by Crippen LogP contribution is -2.15. The van der Waals surface area contributed by atoms with Crippen molar-refractivity contribution in [1.29, 1.82) is 0 Å². The summed E-state index contributed by atoms with van der Waals surface area (Å²) in [6, 6.07) is 4.66. The van der Waals surface area contributed by atoms with Gasteiger partial charge in [-0.1, -0.05) is 29.2 Å². The number of benzene rings is 1. The largest absolute Gasteiger partial charge is 0.320 e. The Hall–Kier alpha value is -2.00. The fourth-order valence-electron chi connectivity index (χ4n) is 1.44. The summed E-state index contributed by atoms with van der Waals surface area (Å²) in [5, 5.41) is 20.9. The average Bonchev–Trinajstić information content (AvgIpc) is 2.91. The maximum absolute atomic E-state index is 11.8. The lowest BCUT2D eigenvalue weighted by molar-refractivity contribution is -0.384. The van der Waals surface area contributed by atoms with Crippen LogP contribution in [0.3, 0.4) is 0 Å². The highest BCUT2D eigenvalue weighted by molar-refractivity contribution is 8.01. The molecule has 2 aromatic rings. The molecule has 1 amide bonds. The van der Waals surface area contributed by atoms with Gasteiger partial charge in [0.05, 0.1) is 10.7 Å². The van der Waals surface area contributed by atoms with E-state index >= 15 is 0 Å². The first kappa shape index (κ1) is 14.4. The molecule has 0 aliphatic heterocycles. The zero-order valence-electron chi connectivity index (χ0n) is 10.4. The minimum atomic E-state index is -0.513. The fourth-order valence-corrected chi connectivity index (χ4v) is 2.73. The molecule has 1 aromatic carbocycles. The molecule has 0 fully saturated rings. The van der Waals surface area contributed by atoms with Gasteiger partial charge in [-0.05, 0) is 18.6 Å². The van der Waals surface area contributed by atoms with Crippen molar-refractivity contribution in [2.75, 3.05) is 11.1 Å². The Bertz CT molecular complexity index is 631. The predicted molar refractivity (Wildman–Crippen MR) is 77.1 cm³/mol. The molecule has 0 aliphatic rings. The number of nitrogens with one attached hydrogen (secondary N) is 1. The van der Waals surface area contributed by atoms with Crippen LogP contribution in [0.15, 0.2) is 28.0 Å². The van der Waals surface area contributed by atoms with Crippen molar-refractivity contribution < 1.29 is 9.72 Å². The molecular formula is C11H10N4O3S2. The fraction of sp³-hybridized carbons (Fsp3) is 0.182. The van der Waals surface area contributed by atoms with Gasteiger partial charge in [-0.3, -0.25) is 14.9 Å². The van der Waals surface area contributed by atoms with Gasteiger partial charge in [0.15, 0.2) is 4.34 Å². The molecule has 1 N–H and O–H groups in total. The second-order valence-electron chi connectivity index (χ2n) is 3.82. The second-order valence-corrected chi connectivity index (χ2v) is 5.87. The number of aromatic nitrogens is 2. The van der Waals surface area contributed by atoms with E-state index in [0.29, 0.717) is 4.34 Å². The normalized spacial score (nSPS) is 10.2. The smallest absolute Gasteiger partial charge is 0.293 e. The van der Waals surface area contributed by atoms with Gasteiger partial charge in [-0.2, -0.15) is 0 Å². The average molecular weight is 310 g/mol. The molecule has 0 bridgehead atoms. The first-order valence-electron chi connectivity index (χ1n) is 5.50. The Morgan fingerprint density at radius 3 is 3.00 bits per heavy atom. The number of rotatable bonds is 5. The van der Waals surface area contributed by atoms with Gasteiger partial charge in [0.25, 0.3) is 5.69 Å². The van der Waals surface area contributed by atoms with E-state index in [0.717, 1.165) is 5.56 Å². The molecule has 104 valence electrons. The molecule has 0 aliphatic carbocycles. The summed E-state index contributed by atoms with van der Waals surface area (Å²) in [5.74, 6) is -0.197. The first-order chi connectivity index (χ1) is 9.56. The molecule has 7 nitrogen and oxygen atoms in total. The summed E-state index contributed by atoms with van der Waals surface area (Å²) in [4.78, 5) is 22.2.